The Bertz CT molecular complexity index is 873. The summed E-state index contributed by atoms with van der Waals surface area (Å²) < 4.78 is 2.24. The van der Waals surface area contributed by atoms with E-state index in [4.69, 9.17) is 4.99 Å². The average molecular weight is 287 g/mol. The maximum Gasteiger partial charge on any atom is 0.110 e. The number of rotatable bonds is 1. The number of aliphatic imine (C=N–C) groups is 1. The Morgan fingerprint density at radius 1 is 0.909 bits per heavy atom. The average Bonchev–Trinajstić information content (AvgIpc) is 2.73. The van der Waals surface area contributed by atoms with E-state index in [1.807, 2.05) is 6.07 Å². The highest BCUT2D eigenvalue weighted by Gasteiger charge is 2.21. The van der Waals surface area contributed by atoms with Gasteiger partial charge in [-0.15, -0.1) is 0 Å². The van der Waals surface area contributed by atoms with Gasteiger partial charge in [0.15, 0.2) is 0 Å². The van der Waals surface area contributed by atoms with Crippen LogP contribution in [0, 0.1) is 13.8 Å². The predicted molar refractivity (Wildman–Crippen MR) is 88.8 cm³/mol. The molecule has 2 aromatic carbocycles. The van der Waals surface area contributed by atoms with Crippen LogP contribution in [0.1, 0.15) is 28.3 Å². The fourth-order valence-corrected chi connectivity index (χ4v) is 3.17. The Morgan fingerprint density at radius 3 is 2.45 bits per heavy atom. The van der Waals surface area contributed by atoms with Crippen molar-refractivity contribution in [3.63, 3.8) is 0 Å². The number of imidazole rings is 1. The Balaban J connectivity index is 2.01. The highest BCUT2D eigenvalue weighted by atomic mass is 15.1. The van der Waals surface area contributed by atoms with E-state index in [9.17, 15) is 0 Å². The molecule has 0 saturated carbocycles. The van der Waals surface area contributed by atoms with Crippen LogP contribution in [0.4, 0.5) is 0 Å². The minimum atomic E-state index is 0.658. The lowest BCUT2D eigenvalue weighted by molar-refractivity contribution is 0.886. The number of para-hydroxylation sites is 1. The molecule has 0 atom stereocenters. The Kier molecular flexibility index (Phi) is 2.93. The lowest BCUT2D eigenvalue weighted by atomic mass is 10.0. The second kappa shape index (κ2) is 4.95. The fraction of sp³-hybridized carbons (Fsp3) is 0.158. The first-order valence-corrected chi connectivity index (χ1v) is 7.50. The molecular formula is C19H17N3. The SMILES string of the molecule is Cc1nc(C)n2c1CN=C(c1ccccc1)c1ccccc1-2. The van der Waals surface area contributed by atoms with Gasteiger partial charge in [-0.2, -0.15) is 0 Å². The minimum absolute atomic E-state index is 0.658. The van der Waals surface area contributed by atoms with Crippen molar-refractivity contribution < 1.29 is 0 Å². The number of aryl methyl sites for hydroxylation is 2. The molecule has 0 fully saturated rings. The normalized spacial score (nSPS) is 13.1. The van der Waals surface area contributed by atoms with Crippen LogP contribution in [0.5, 0.6) is 0 Å². The van der Waals surface area contributed by atoms with E-state index in [1.54, 1.807) is 0 Å². The summed E-state index contributed by atoms with van der Waals surface area (Å²) in [5.74, 6) is 1.02. The van der Waals surface area contributed by atoms with Crippen molar-refractivity contribution >= 4 is 5.71 Å². The third-order valence-electron chi connectivity index (χ3n) is 4.17. The van der Waals surface area contributed by atoms with Gasteiger partial charge in [0.2, 0.25) is 0 Å². The van der Waals surface area contributed by atoms with Crippen molar-refractivity contribution in [1.82, 2.24) is 9.55 Å². The summed E-state index contributed by atoms with van der Waals surface area (Å²) in [6.07, 6.45) is 0. The highest BCUT2D eigenvalue weighted by molar-refractivity contribution is 6.15. The van der Waals surface area contributed by atoms with E-state index in [0.29, 0.717) is 6.54 Å². The van der Waals surface area contributed by atoms with Gasteiger partial charge in [0, 0.05) is 11.1 Å². The summed E-state index contributed by atoms with van der Waals surface area (Å²) in [7, 11) is 0. The lowest BCUT2D eigenvalue weighted by Gasteiger charge is -2.12. The Hall–Kier alpha value is -2.68. The third kappa shape index (κ3) is 1.90. The Labute approximate surface area is 130 Å². The van der Waals surface area contributed by atoms with E-state index < -0.39 is 0 Å². The van der Waals surface area contributed by atoms with Crippen LogP contribution < -0.4 is 0 Å². The molecule has 0 bridgehead atoms. The highest BCUT2D eigenvalue weighted by Crippen LogP contribution is 2.27. The van der Waals surface area contributed by atoms with Gasteiger partial charge in [-0.3, -0.25) is 9.56 Å². The van der Waals surface area contributed by atoms with Crippen molar-refractivity contribution in [3.05, 3.63) is 82.9 Å². The number of hydrogen-bond donors (Lipinski definition) is 0. The molecule has 3 aromatic rings. The summed E-state index contributed by atoms with van der Waals surface area (Å²) in [5, 5.41) is 0. The quantitative estimate of drug-likeness (QED) is 0.669. The first-order chi connectivity index (χ1) is 10.8. The zero-order chi connectivity index (χ0) is 15.1. The van der Waals surface area contributed by atoms with Gasteiger partial charge in [-0.25, -0.2) is 4.98 Å². The minimum Gasteiger partial charge on any atom is -0.298 e. The molecule has 2 heterocycles. The van der Waals surface area contributed by atoms with E-state index in [-0.39, 0.29) is 0 Å². The number of benzene rings is 2. The van der Waals surface area contributed by atoms with Crippen molar-refractivity contribution in [3.8, 4) is 5.69 Å². The van der Waals surface area contributed by atoms with E-state index in [2.05, 4.69) is 71.9 Å². The van der Waals surface area contributed by atoms with Gasteiger partial charge in [-0.1, -0.05) is 48.5 Å². The summed E-state index contributed by atoms with van der Waals surface area (Å²) >= 11 is 0. The standard InChI is InChI=1S/C19H17N3/c1-13-18-12-20-19(15-8-4-3-5-9-15)16-10-6-7-11-17(16)22(18)14(2)21-13/h3-11H,12H2,1-2H3. The van der Waals surface area contributed by atoms with Crippen LogP contribution in [0.25, 0.3) is 5.69 Å². The van der Waals surface area contributed by atoms with Crippen molar-refractivity contribution in [2.75, 3.05) is 0 Å². The van der Waals surface area contributed by atoms with E-state index in [0.717, 1.165) is 34.0 Å². The number of hydrogen-bond acceptors (Lipinski definition) is 2. The number of aromatic nitrogens is 2. The first kappa shape index (κ1) is 13.0. The predicted octanol–water partition coefficient (Wildman–Crippen LogP) is 3.84. The molecule has 4 rings (SSSR count). The van der Waals surface area contributed by atoms with Crippen LogP contribution in [0.15, 0.2) is 59.6 Å². The molecule has 0 aliphatic carbocycles. The van der Waals surface area contributed by atoms with Crippen LogP contribution in [0.3, 0.4) is 0 Å². The van der Waals surface area contributed by atoms with Crippen LogP contribution >= 0.6 is 0 Å². The summed E-state index contributed by atoms with van der Waals surface area (Å²) in [6, 6.07) is 18.8. The van der Waals surface area contributed by atoms with Gasteiger partial charge in [-0.05, 0) is 19.9 Å². The maximum atomic E-state index is 4.91. The second-order valence-corrected chi connectivity index (χ2v) is 5.57. The topological polar surface area (TPSA) is 30.2 Å². The largest absolute Gasteiger partial charge is 0.298 e. The molecule has 3 heteroatoms. The molecule has 0 N–H and O–H groups in total. The van der Waals surface area contributed by atoms with Crippen molar-refractivity contribution in [2.24, 2.45) is 4.99 Å². The van der Waals surface area contributed by atoms with Crippen LogP contribution in [-0.4, -0.2) is 15.3 Å². The van der Waals surface area contributed by atoms with Gasteiger partial charge in [0.05, 0.1) is 29.3 Å². The third-order valence-corrected chi connectivity index (χ3v) is 4.17. The van der Waals surface area contributed by atoms with Crippen molar-refractivity contribution in [1.29, 1.82) is 0 Å². The van der Waals surface area contributed by atoms with Crippen LogP contribution in [0.2, 0.25) is 0 Å². The fourth-order valence-electron chi connectivity index (χ4n) is 3.17. The van der Waals surface area contributed by atoms with E-state index in [1.165, 1.54) is 5.69 Å². The first-order valence-electron chi connectivity index (χ1n) is 7.50. The van der Waals surface area contributed by atoms with Crippen molar-refractivity contribution in [2.45, 2.75) is 20.4 Å². The summed E-state index contributed by atoms with van der Waals surface area (Å²) in [5.41, 5.74) is 6.77. The molecule has 0 saturated heterocycles. The number of fused-ring (bicyclic) bond motifs is 3. The van der Waals surface area contributed by atoms with E-state index >= 15 is 0 Å². The number of nitrogens with zero attached hydrogens (tertiary/aromatic N) is 3. The Morgan fingerprint density at radius 2 is 1.64 bits per heavy atom. The summed E-state index contributed by atoms with van der Waals surface area (Å²) in [4.78, 5) is 9.53. The monoisotopic (exact) mass is 287 g/mol. The van der Waals surface area contributed by atoms with Gasteiger partial charge in [0.1, 0.15) is 5.82 Å². The zero-order valence-electron chi connectivity index (χ0n) is 12.7. The van der Waals surface area contributed by atoms with Gasteiger partial charge in [0.25, 0.3) is 0 Å². The molecule has 108 valence electrons. The van der Waals surface area contributed by atoms with Gasteiger partial charge >= 0.3 is 0 Å². The molecular weight excluding hydrogens is 270 g/mol. The molecule has 1 aliphatic rings. The molecule has 0 spiro atoms. The molecule has 1 aliphatic heterocycles. The molecule has 1 aromatic heterocycles. The lowest BCUT2D eigenvalue weighted by Crippen LogP contribution is -2.07. The zero-order valence-corrected chi connectivity index (χ0v) is 12.7. The molecule has 0 amide bonds. The molecule has 22 heavy (non-hydrogen) atoms. The molecule has 3 nitrogen and oxygen atoms in total. The molecule has 0 radical (unpaired) electrons. The second-order valence-electron chi connectivity index (χ2n) is 5.57. The molecule has 0 unspecified atom stereocenters. The van der Waals surface area contributed by atoms with Crippen LogP contribution in [-0.2, 0) is 6.54 Å². The smallest absolute Gasteiger partial charge is 0.110 e. The maximum absolute atomic E-state index is 4.91. The summed E-state index contributed by atoms with van der Waals surface area (Å²) in [6.45, 7) is 4.77. The van der Waals surface area contributed by atoms with Gasteiger partial charge < -0.3 is 0 Å².